The summed E-state index contributed by atoms with van der Waals surface area (Å²) in [5, 5.41) is 0. The van der Waals surface area contributed by atoms with Gasteiger partial charge in [0, 0.05) is 0 Å². The Kier molecular flexibility index (Phi) is 3.68. The maximum absolute atomic E-state index is 10.9. The van der Waals surface area contributed by atoms with Crippen LogP contribution in [0.15, 0.2) is 18.2 Å². The Labute approximate surface area is 86.8 Å². The fourth-order valence-electron chi connectivity index (χ4n) is 0.930. The number of nitrogens with two attached hydrogens (primary N) is 1. The van der Waals surface area contributed by atoms with Crippen molar-refractivity contribution in [2.24, 2.45) is 5.73 Å². The molecule has 2 N–H and O–H groups in total. The van der Waals surface area contributed by atoms with Gasteiger partial charge in [0.1, 0.15) is 5.75 Å². The smallest absolute Gasteiger partial charge is 0.343 e. The standard InChI is InChI=1S/C10H10NO4/c1-14-9(12)6-15-8-5-3-2-4-7(8)10(11)13/h3-5H,6H2,1H3,(H2,11,13). The van der Waals surface area contributed by atoms with E-state index >= 15 is 0 Å². The number of methoxy groups -OCH3 is 1. The molecule has 1 radical (unpaired) electrons. The van der Waals surface area contributed by atoms with Crippen LogP contribution < -0.4 is 10.5 Å². The molecule has 5 heteroatoms. The van der Waals surface area contributed by atoms with Gasteiger partial charge in [-0.1, -0.05) is 6.07 Å². The van der Waals surface area contributed by atoms with Gasteiger partial charge in [0.05, 0.1) is 12.7 Å². The number of ether oxygens (including phenoxy) is 2. The lowest BCUT2D eigenvalue weighted by Gasteiger charge is -2.07. The van der Waals surface area contributed by atoms with Gasteiger partial charge in [-0.2, -0.15) is 0 Å². The Hall–Kier alpha value is -2.04. The molecular weight excluding hydrogens is 198 g/mol. The van der Waals surface area contributed by atoms with Gasteiger partial charge in [0.15, 0.2) is 6.61 Å². The van der Waals surface area contributed by atoms with Crippen LogP contribution in [0.5, 0.6) is 5.75 Å². The van der Waals surface area contributed by atoms with Crippen molar-refractivity contribution in [1.29, 1.82) is 0 Å². The van der Waals surface area contributed by atoms with Crippen LogP contribution in [0.1, 0.15) is 10.4 Å². The Morgan fingerprint density at radius 3 is 2.87 bits per heavy atom. The summed E-state index contributed by atoms with van der Waals surface area (Å²) >= 11 is 0. The number of carbonyl (C=O) groups is 2. The minimum absolute atomic E-state index is 0.182. The first kappa shape index (κ1) is 11.0. The molecule has 0 saturated carbocycles. The third-order valence-corrected chi connectivity index (χ3v) is 1.66. The van der Waals surface area contributed by atoms with Crippen LogP contribution >= 0.6 is 0 Å². The van der Waals surface area contributed by atoms with Crippen LogP contribution in [0.4, 0.5) is 0 Å². The molecule has 0 spiro atoms. The zero-order chi connectivity index (χ0) is 11.3. The van der Waals surface area contributed by atoms with Crippen molar-refractivity contribution in [3.63, 3.8) is 0 Å². The molecule has 0 aliphatic carbocycles. The number of rotatable bonds is 4. The first-order chi connectivity index (χ1) is 7.15. The molecule has 1 aromatic carbocycles. The number of benzene rings is 1. The van der Waals surface area contributed by atoms with Crippen LogP contribution in [0.3, 0.4) is 0 Å². The highest BCUT2D eigenvalue weighted by atomic mass is 16.6. The summed E-state index contributed by atoms with van der Waals surface area (Å²) in [4.78, 5) is 21.7. The van der Waals surface area contributed by atoms with E-state index in [4.69, 9.17) is 10.5 Å². The normalized spacial score (nSPS) is 9.40. The molecule has 0 fully saturated rings. The summed E-state index contributed by atoms with van der Waals surface area (Å²) in [5.41, 5.74) is 5.28. The van der Waals surface area contributed by atoms with E-state index in [0.29, 0.717) is 0 Å². The average Bonchev–Trinajstić information content (AvgIpc) is 2.26. The molecule has 15 heavy (non-hydrogen) atoms. The quantitative estimate of drug-likeness (QED) is 0.714. The van der Waals surface area contributed by atoms with Gasteiger partial charge in [-0.3, -0.25) is 4.79 Å². The van der Waals surface area contributed by atoms with Gasteiger partial charge < -0.3 is 15.2 Å². The van der Waals surface area contributed by atoms with Crippen molar-refractivity contribution in [3.8, 4) is 5.75 Å². The van der Waals surface area contributed by atoms with Crippen molar-refractivity contribution in [2.45, 2.75) is 0 Å². The summed E-state index contributed by atoms with van der Waals surface area (Å²) < 4.78 is 9.44. The Morgan fingerprint density at radius 2 is 2.27 bits per heavy atom. The van der Waals surface area contributed by atoms with Gasteiger partial charge in [0.2, 0.25) is 0 Å². The molecule has 0 heterocycles. The summed E-state index contributed by atoms with van der Waals surface area (Å²) in [7, 11) is 1.25. The molecule has 0 saturated heterocycles. The second-order valence-electron chi connectivity index (χ2n) is 2.65. The molecule has 0 atom stereocenters. The second kappa shape index (κ2) is 4.99. The summed E-state index contributed by atoms with van der Waals surface area (Å²) in [6, 6.07) is 7.14. The van der Waals surface area contributed by atoms with E-state index in [2.05, 4.69) is 10.8 Å². The largest absolute Gasteiger partial charge is 0.481 e. The number of carbonyl (C=O) groups excluding carboxylic acids is 2. The third kappa shape index (κ3) is 2.98. The number of hydrogen-bond donors (Lipinski definition) is 1. The first-order valence-electron chi connectivity index (χ1n) is 4.14. The SMILES string of the molecule is COC(=O)COc1cc[c]cc1C(N)=O. The molecule has 1 amide bonds. The number of primary amides is 1. The molecule has 0 unspecified atom stereocenters. The van der Waals surface area contributed by atoms with E-state index in [1.54, 1.807) is 6.07 Å². The van der Waals surface area contributed by atoms with E-state index in [1.807, 2.05) is 0 Å². The predicted molar refractivity (Wildman–Crippen MR) is 51.3 cm³/mol. The molecular formula is C10H10NO4. The molecule has 79 valence electrons. The van der Waals surface area contributed by atoms with E-state index in [9.17, 15) is 9.59 Å². The fraction of sp³-hybridized carbons (Fsp3) is 0.200. The zero-order valence-electron chi connectivity index (χ0n) is 8.15. The highest BCUT2D eigenvalue weighted by Crippen LogP contribution is 2.16. The summed E-state index contributed by atoms with van der Waals surface area (Å²) in [5.74, 6) is -0.920. The van der Waals surface area contributed by atoms with Crippen molar-refractivity contribution in [1.82, 2.24) is 0 Å². The highest BCUT2D eigenvalue weighted by Gasteiger charge is 2.09. The predicted octanol–water partition coefficient (Wildman–Crippen LogP) is 0.137. The Bertz CT molecular complexity index is 375. The molecule has 0 bridgehead atoms. The van der Waals surface area contributed by atoms with Gasteiger partial charge in [-0.15, -0.1) is 0 Å². The fourth-order valence-corrected chi connectivity index (χ4v) is 0.930. The van der Waals surface area contributed by atoms with Gasteiger partial charge in [0.25, 0.3) is 5.91 Å². The number of hydrogen-bond acceptors (Lipinski definition) is 4. The minimum Gasteiger partial charge on any atom is -0.481 e. The van der Waals surface area contributed by atoms with E-state index in [1.165, 1.54) is 19.2 Å². The molecule has 5 nitrogen and oxygen atoms in total. The van der Waals surface area contributed by atoms with Crippen molar-refractivity contribution >= 4 is 11.9 Å². The van der Waals surface area contributed by atoms with Crippen molar-refractivity contribution < 1.29 is 19.1 Å². The zero-order valence-corrected chi connectivity index (χ0v) is 8.15. The Morgan fingerprint density at radius 1 is 1.53 bits per heavy atom. The third-order valence-electron chi connectivity index (χ3n) is 1.66. The van der Waals surface area contributed by atoms with Gasteiger partial charge in [-0.25, -0.2) is 4.79 Å². The van der Waals surface area contributed by atoms with Crippen LogP contribution in [0.2, 0.25) is 0 Å². The van der Waals surface area contributed by atoms with Crippen LogP contribution in [-0.4, -0.2) is 25.6 Å². The average molecular weight is 208 g/mol. The lowest BCUT2D eigenvalue weighted by atomic mass is 10.2. The molecule has 1 rings (SSSR count). The lowest BCUT2D eigenvalue weighted by molar-refractivity contribution is -0.142. The van der Waals surface area contributed by atoms with Crippen LogP contribution in [-0.2, 0) is 9.53 Å². The Balaban J connectivity index is 2.76. The topological polar surface area (TPSA) is 78.6 Å². The maximum atomic E-state index is 10.9. The minimum atomic E-state index is -0.633. The number of amides is 1. The monoisotopic (exact) mass is 208 g/mol. The van der Waals surface area contributed by atoms with Gasteiger partial charge in [-0.05, 0) is 18.2 Å². The second-order valence-corrected chi connectivity index (χ2v) is 2.65. The van der Waals surface area contributed by atoms with Crippen LogP contribution in [0, 0.1) is 6.07 Å². The molecule has 1 aromatic rings. The lowest BCUT2D eigenvalue weighted by Crippen LogP contribution is -2.17. The van der Waals surface area contributed by atoms with E-state index in [0.717, 1.165) is 0 Å². The highest BCUT2D eigenvalue weighted by molar-refractivity contribution is 5.95. The summed E-state index contributed by atoms with van der Waals surface area (Å²) in [6.07, 6.45) is 0. The van der Waals surface area contributed by atoms with Crippen molar-refractivity contribution in [3.05, 3.63) is 29.8 Å². The van der Waals surface area contributed by atoms with E-state index < -0.39 is 11.9 Å². The molecule has 0 aliphatic heterocycles. The summed E-state index contributed by atoms with van der Waals surface area (Å²) in [6.45, 7) is -0.263. The van der Waals surface area contributed by atoms with Crippen LogP contribution in [0.25, 0.3) is 0 Å². The van der Waals surface area contributed by atoms with Crippen molar-refractivity contribution in [2.75, 3.05) is 13.7 Å². The molecule has 0 aromatic heterocycles. The first-order valence-corrected chi connectivity index (χ1v) is 4.14. The van der Waals surface area contributed by atoms with Gasteiger partial charge >= 0.3 is 5.97 Å². The number of esters is 1. The molecule has 0 aliphatic rings. The van der Waals surface area contributed by atoms with E-state index in [-0.39, 0.29) is 17.9 Å². The maximum Gasteiger partial charge on any atom is 0.343 e.